The van der Waals surface area contributed by atoms with Crippen LogP contribution in [0, 0.1) is 4.77 Å². The van der Waals surface area contributed by atoms with Gasteiger partial charge in [0.05, 0.1) is 0 Å². The van der Waals surface area contributed by atoms with Crippen molar-refractivity contribution in [2.75, 3.05) is 0 Å². The second kappa shape index (κ2) is 3.14. The molecule has 0 atom stereocenters. The minimum absolute atomic E-state index is 0.0681. The van der Waals surface area contributed by atoms with Crippen LogP contribution in [-0.2, 0) is 6.18 Å². The van der Waals surface area contributed by atoms with E-state index in [1.807, 2.05) is 4.98 Å². The van der Waals surface area contributed by atoms with E-state index in [9.17, 15) is 13.2 Å². The third kappa shape index (κ3) is 2.28. The van der Waals surface area contributed by atoms with Gasteiger partial charge in [-0.05, 0) is 34.2 Å². The summed E-state index contributed by atoms with van der Waals surface area (Å²) in [7, 11) is 0. The van der Waals surface area contributed by atoms with E-state index >= 15 is 0 Å². The summed E-state index contributed by atoms with van der Waals surface area (Å²) >= 11 is 7.27. The Labute approximate surface area is 79.0 Å². The van der Waals surface area contributed by atoms with Crippen LogP contribution >= 0.6 is 28.1 Å². The first-order valence-electron chi connectivity index (χ1n) is 2.73. The van der Waals surface area contributed by atoms with E-state index < -0.39 is 11.9 Å². The minimum atomic E-state index is -4.42. The normalized spacial score (nSPS) is 11.7. The molecular formula is C5H2BrF3N2S. The lowest BCUT2D eigenvalue weighted by atomic mass is 10.4. The van der Waals surface area contributed by atoms with Crippen molar-refractivity contribution >= 4 is 28.1 Å². The molecule has 0 aliphatic heterocycles. The van der Waals surface area contributed by atoms with Gasteiger partial charge in [-0.1, -0.05) is 0 Å². The van der Waals surface area contributed by atoms with Crippen LogP contribution < -0.4 is 0 Å². The predicted molar refractivity (Wildman–Crippen MR) is 42.1 cm³/mol. The highest BCUT2D eigenvalue weighted by Gasteiger charge is 2.31. The minimum Gasteiger partial charge on any atom is -0.327 e. The fraction of sp³-hybridized carbons (Fsp3) is 0.200. The molecule has 1 heterocycles. The van der Waals surface area contributed by atoms with E-state index in [2.05, 4.69) is 33.1 Å². The van der Waals surface area contributed by atoms with E-state index in [4.69, 9.17) is 0 Å². The molecule has 66 valence electrons. The maximum Gasteiger partial charge on any atom is 0.431 e. The van der Waals surface area contributed by atoms with Gasteiger partial charge in [-0.2, -0.15) is 13.2 Å². The van der Waals surface area contributed by atoms with Gasteiger partial charge in [0.2, 0.25) is 0 Å². The van der Waals surface area contributed by atoms with E-state index in [1.54, 1.807) is 0 Å². The fourth-order valence-electron chi connectivity index (χ4n) is 0.580. The monoisotopic (exact) mass is 258 g/mol. The van der Waals surface area contributed by atoms with Crippen LogP contribution in [-0.4, -0.2) is 9.97 Å². The fourth-order valence-corrected chi connectivity index (χ4v) is 1.31. The lowest BCUT2D eigenvalue weighted by molar-refractivity contribution is -0.141. The van der Waals surface area contributed by atoms with Crippen molar-refractivity contribution in [1.29, 1.82) is 0 Å². The molecule has 7 heteroatoms. The first-order chi connectivity index (χ1) is 5.39. The third-order valence-electron chi connectivity index (χ3n) is 1.02. The number of aromatic amines is 1. The number of halogens is 4. The van der Waals surface area contributed by atoms with E-state index in [-0.39, 0.29) is 9.37 Å². The quantitative estimate of drug-likeness (QED) is 0.573. The number of alkyl halides is 3. The van der Waals surface area contributed by atoms with E-state index in [1.165, 1.54) is 0 Å². The second-order valence-corrected chi connectivity index (χ2v) is 3.12. The maximum atomic E-state index is 12.0. The zero-order chi connectivity index (χ0) is 9.35. The summed E-state index contributed by atoms with van der Waals surface area (Å²) in [4.78, 5) is 5.46. The first kappa shape index (κ1) is 9.66. The molecule has 1 N–H and O–H groups in total. The first-order valence-corrected chi connectivity index (χ1v) is 3.94. The lowest BCUT2D eigenvalue weighted by Crippen LogP contribution is -2.08. The molecular weight excluding hydrogens is 257 g/mol. The average Bonchev–Trinajstić information content (AvgIpc) is 1.82. The van der Waals surface area contributed by atoms with Crippen molar-refractivity contribution in [2.45, 2.75) is 6.18 Å². The molecule has 1 aromatic heterocycles. The van der Waals surface area contributed by atoms with Gasteiger partial charge in [0.1, 0.15) is 10.3 Å². The SMILES string of the molecule is FC(F)(F)c1cc(Br)nc(=S)[nH]1. The van der Waals surface area contributed by atoms with Crippen molar-refractivity contribution in [3.8, 4) is 0 Å². The van der Waals surface area contributed by atoms with Crippen LogP contribution in [0.2, 0.25) is 0 Å². The standard InChI is InChI=1S/C5H2BrF3N2S/c6-3-1-2(5(7,8)9)10-4(12)11-3/h1H,(H,10,11,12). The van der Waals surface area contributed by atoms with Crippen LogP contribution in [0.3, 0.4) is 0 Å². The summed E-state index contributed by atoms with van der Waals surface area (Å²) in [6.07, 6.45) is -4.42. The molecule has 0 aromatic carbocycles. The van der Waals surface area contributed by atoms with Gasteiger partial charge in [-0.25, -0.2) is 4.98 Å². The van der Waals surface area contributed by atoms with E-state index in [0.717, 1.165) is 6.07 Å². The van der Waals surface area contributed by atoms with Crippen molar-refractivity contribution in [2.24, 2.45) is 0 Å². The van der Waals surface area contributed by atoms with Crippen LogP contribution in [0.1, 0.15) is 5.69 Å². The van der Waals surface area contributed by atoms with Gasteiger partial charge in [0.25, 0.3) is 0 Å². The van der Waals surface area contributed by atoms with Crippen molar-refractivity contribution in [3.63, 3.8) is 0 Å². The summed E-state index contributed by atoms with van der Waals surface area (Å²) in [5.74, 6) is 0. The molecule has 0 spiro atoms. The van der Waals surface area contributed by atoms with Crippen molar-refractivity contribution in [1.82, 2.24) is 9.97 Å². The molecule has 12 heavy (non-hydrogen) atoms. The Hall–Kier alpha value is -0.430. The van der Waals surface area contributed by atoms with Gasteiger partial charge in [0.15, 0.2) is 4.77 Å². The summed E-state index contributed by atoms with van der Waals surface area (Å²) < 4.78 is 35.9. The van der Waals surface area contributed by atoms with Crippen molar-refractivity contribution in [3.05, 3.63) is 21.1 Å². The van der Waals surface area contributed by atoms with E-state index in [0.29, 0.717) is 0 Å². The Kier molecular flexibility index (Phi) is 2.52. The Bertz CT molecular complexity index is 345. The molecule has 0 saturated heterocycles. The summed E-state index contributed by atoms with van der Waals surface area (Å²) in [6.45, 7) is 0. The van der Waals surface area contributed by atoms with Gasteiger partial charge in [-0.3, -0.25) is 0 Å². The smallest absolute Gasteiger partial charge is 0.327 e. The number of hydrogen-bond donors (Lipinski definition) is 1. The highest BCUT2D eigenvalue weighted by molar-refractivity contribution is 9.10. The second-order valence-electron chi connectivity index (χ2n) is 1.92. The highest BCUT2D eigenvalue weighted by Crippen LogP contribution is 2.28. The summed E-state index contributed by atoms with van der Waals surface area (Å²) in [5.41, 5.74) is -0.908. The van der Waals surface area contributed by atoms with Gasteiger partial charge >= 0.3 is 6.18 Å². The van der Waals surface area contributed by atoms with Crippen LogP contribution in [0.25, 0.3) is 0 Å². The number of rotatable bonds is 0. The molecule has 2 nitrogen and oxygen atoms in total. The molecule has 0 amide bonds. The molecule has 0 aliphatic rings. The molecule has 0 saturated carbocycles. The average molecular weight is 259 g/mol. The van der Waals surface area contributed by atoms with Gasteiger partial charge in [-0.15, -0.1) is 0 Å². The number of hydrogen-bond acceptors (Lipinski definition) is 2. The van der Waals surface area contributed by atoms with Crippen LogP contribution in [0.4, 0.5) is 13.2 Å². The molecule has 0 bridgehead atoms. The number of aromatic nitrogens is 2. The summed E-state index contributed by atoms with van der Waals surface area (Å²) in [6, 6.07) is 0.829. The Balaban J connectivity index is 3.27. The summed E-state index contributed by atoms with van der Waals surface area (Å²) in [5, 5.41) is 0. The number of nitrogens with one attached hydrogen (secondary N) is 1. The number of H-pyrrole nitrogens is 1. The zero-order valence-electron chi connectivity index (χ0n) is 5.44. The Morgan fingerprint density at radius 3 is 2.50 bits per heavy atom. The van der Waals surface area contributed by atoms with Gasteiger partial charge < -0.3 is 4.98 Å². The largest absolute Gasteiger partial charge is 0.431 e. The molecule has 1 rings (SSSR count). The Morgan fingerprint density at radius 2 is 2.08 bits per heavy atom. The van der Waals surface area contributed by atoms with Crippen LogP contribution in [0.5, 0.6) is 0 Å². The van der Waals surface area contributed by atoms with Gasteiger partial charge in [0, 0.05) is 0 Å². The molecule has 0 radical (unpaired) electrons. The number of nitrogens with zero attached hydrogens (tertiary/aromatic N) is 1. The highest BCUT2D eigenvalue weighted by atomic mass is 79.9. The van der Waals surface area contributed by atoms with Crippen LogP contribution in [0.15, 0.2) is 10.7 Å². The zero-order valence-corrected chi connectivity index (χ0v) is 7.85. The molecule has 0 aliphatic carbocycles. The Morgan fingerprint density at radius 1 is 1.50 bits per heavy atom. The predicted octanol–water partition coefficient (Wildman–Crippen LogP) is 2.92. The lowest BCUT2D eigenvalue weighted by Gasteiger charge is -2.05. The van der Waals surface area contributed by atoms with Crippen molar-refractivity contribution < 1.29 is 13.2 Å². The third-order valence-corrected chi connectivity index (χ3v) is 1.62. The molecule has 1 aromatic rings. The topological polar surface area (TPSA) is 28.7 Å². The molecule has 0 unspecified atom stereocenters. The maximum absolute atomic E-state index is 12.0. The molecule has 0 fully saturated rings.